The molecular formula is C15H16FNO3S. The molecule has 6 heteroatoms. The van der Waals surface area contributed by atoms with Crippen molar-refractivity contribution in [2.24, 2.45) is 0 Å². The van der Waals surface area contributed by atoms with Crippen LogP contribution >= 0.6 is 0 Å². The molecule has 1 rings (SSSR count). The van der Waals surface area contributed by atoms with Gasteiger partial charge in [-0.25, -0.2) is 13.3 Å². The summed E-state index contributed by atoms with van der Waals surface area (Å²) < 4.78 is 28.0. The molecule has 0 aliphatic rings. The molecule has 2 N–H and O–H groups in total. The van der Waals surface area contributed by atoms with Gasteiger partial charge in [0.15, 0.2) is 0 Å². The first-order valence-electron chi connectivity index (χ1n) is 6.09. The third kappa shape index (κ3) is 5.09. The van der Waals surface area contributed by atoms with Crippen LogP contribution in [0.5, 0.6) is 0 Å². The van der Waals surface area contributed by atoms with E-state index in [4.69, 9.17) is 0 Å². The van der Waals surface area contributed by atoms with E-state index in [1.165, 1.54) is 30.4 Å². The summed E-state index contributed by atoms with van der Waals surface area (Å²) in [6.45, 7) is 7.09. The lowest BCUT2D eigenvalue weighted by Crippen LogP contribution is -2.38. The van der Waals surface area contributed by atoms with Gasteiger partial charge in [-0.3, -0.25) is 4.79 Å². The molecule has 0 amide bonds. The highest BCUT2D eigenvalue weighted by atomic mass is 32.2. The quantitative estimate of drug-likeness (QED) is 0.725. The van der Waals surface area contributed by atoms with Gasteiger partial charge in [0.1, 0.15) is 22.8 Å². The standard InChI is InChI=1S/C15H16FNO3S/c1-3-7-11(4-2)10-13(15(18)19)17-21(20)14-9-6-5-8-12(14)16/h3-9,13,17H,1-2,10H2,(H,18,19)/b11-7+. The van der Waals surface area contributed by atoms with E-state index in [-0.39, 0.29) is 11.3 Å². The van der Waals surface area contributed by atoms with Crippen LogP contribution in [-0.4, -0.2) is 21.3 Å². The number of carbonyl (C=O) groups is 1. The van der Waals surface area contributed by atoms with Gasteiger partial charge in [0, 0.05) is 0 Å². The molecule has 112 valence electrons. The molecule has 0 aliphatic carbocycles. The van der Waals surface area contributed by atoms with Crippen molar-refractivity contribution in [1.29, 1.82) is 0 Å². The van der Waals surface area contributed by atoms with Crippen LogP contribution in [-0.2, 0) is 15.8 Å². The number of allylic oxidation sites excluding steroid dienone is 3. The fraction of sp³-hybridized carbons (Fsp3) is 0.133. The molecular weight excluding hydrogens is 293 g/mol. The second-order valence-electron chi connectivity index (χ2n) is 4.09. The summed E-state index contributed by atoms with van der Waals surface area (Å²) in [5, 5.41) is 9.17. The molecule has 0 saturated heterocycles. The molecule has 0 radical (unpaired) electrons. The third-order valence-electron chi connectivity index (χ3n) is 2.62. The second kappa shape index (κ2) is 8.28. The van der Waals surface area contributed by atoms with E-state index < -0.39 is 28.8 Å². The van der Waals surface area contributed by atoms with Crippen LogP contribution in [0.4, 0.5) is 4.39 Å². The SMILES string of the molecule is C=C/C=C(\C=C)CC(NS(=O)c1ccccc1F)C(=O)O. The zero-order valence-corrected chi connectivity index (χ0v) is 12.1. The Balaban J connectivity index is 2.89. The molecule has 0 aromatic heterocycles. The third-order valence-corrected chi connectivity index (χ3v) is 3.85. The van der Waals surface area contributed by atoms with Gasteiger partial charge in [0.25, 0.3) is 0 Å². The van der Waals surface area contributed by atoms with Crippen molar-refractivity contribution < 1.29 is 18.5 Å². The minimum absolute atomic E-state index is 0.0606. The minimum Gasteiger partial charge on any atom is -0.480 e. The average molecular weight is 309 g/mol. The maximum Gasteiger partial charge on any atom is 0.321 e. The van der Waals surface area contributed by atoms with E-state index in [1.807, 2.05) is 0 Å². The second-order valence-corrected chi connectivity index (χ2v) is 5.31. The number of carboxylic acid groups (broad SMARTS) is 1. The summed E-state index contributed by atoms with van der Waals surface area (Å²) in [5.41, 5.74) is 0.621. The fourth-order valence-electron chi connectivity index (χ4n) is 1.57. The number of hydrogen-bond donors (Lipinski definition) is 2. The van der Waals surface area contributed by atoms with Crippen molar-refractivity contribution in [3.05, 3.63) is 67.0 Å². The Morgan fingerprint density at radius 2 is 2.10 bits per heavy atom. The molecule has 0 spiro atoms. The van der Waals surface area contributed by atoms with Crippen LogP contribution in [0.25, 0.3) is 0 Å². The van der Waals surface area contributed by atoms with Crippen molar-refractivity contribution in [3.8, 4) is 0 Å². The Kier molecular flexibility index (Phi) is 6.71. The zero-order chi connectivity index (χ0) is 15.8. The largest absolute Gasteiger partial charge is 0.480 e. The minimum atomic E-state index is -1.96. The first-order chi connectivity index (χ1) is 9.99. The van der Waals surface area contributed by atoms with Gasteiger partial charge in [-0.2, -0.15) is 0 Å². The van der Waals surface area contributed by atoms with Gasteiger partial charge in [0.2, 0.25) is 0 Å². The molecule has 0 bridgehead atoms. The molecule has 1 aromatic rings. The van der Waals surface area contributed by atoms with Gasteiger partial charge in [-0.05, 0) is 24.1 Å². The Labute approximate surface area is 125 Å². The van der Waals surface area contributed by atoms with Crippen LogP contribution in [0.15, 0.2) is 66.1 Å². The topological polar surface area (TPSA) is 66.4 Å². The van der Waals surface area contributed by atoms with Gasteiger partial charge in [0.05, 0.1) is 4.90 Å². The first-order valence-corrected chi connectivity index (χ1v) is 7.24. The highest BCUT2D eigenvalue weighted by Gasteiger charge is 2.22. The van der Waals surface area contributed by atoms with Crippen LogP contribution in [0.1, 0.15) is 6.42 Å². The summed E-state index contributed by atoms with van der Waals surface area (Å²) in [6, 6.07) is 4.37. The van der Waals surface area contributed by atoms with Gasteiger partial charge < -0.3 is 5.11 Å². The van der Waals surface area contributed by atoms with Crippen LogP contribution in [0, 0.1) is 5.82 Å². The lowest BCUT2D eigenvalue weighted by molar-refractivity contribution is -0.138. The maximum atomic E-state index is 13.5. The number of hydrogen-bond acceptors (Lipinski definition) is 2. The summed E-state index contributed by atoms with van der Waals surface area (Å²) in [6.07, 6.45) is 4.66. The Hall–Kier alpha value is -2.05. The molecule has 4 nitrogen and oxygen atoms in total. The summed E-state index contributed by atoms with van der Waals surface area (Å²) in [4.78, 5) is 11.1. The van der Waals surface area contributed by atoms with Crippen LogP contribution in [0.3, 0.4) is 0 Å². The van der Waals surface area contributed by atoms with Crippen LogP contribution in [0.2, 0.25) is 0 Å². The average Bonchev–Trinajstić information content (AvgIpc) is 2.45. The van der Waals surface area contributed by atoms with E-state index in [9.17, 15) is 18.5 Å². The van der Waals surface area contributed by atoms with Gasteiger partial charge in [-0.1, -0.05) is 43.5 Å². The van der Waals surface area contributed by atoms with Crippen molar-refractivity contribution in [2.45, 2.75) is 17.4 Å². The normalized spacial score (nSPS) is 14.2. The predicted molar refractivity (Wildman–Crippen MR) is 80.5 cm³/mol. The number of benzene rings is 1. The van der Waals surface area contributed by atoms with E-state index in [0.29, 0.717) is 5.57 Å². The Morgan fingerprint density at radius 1 is 1.43 bits per heavy atom. The van der Waals surface area contributed by atoms with E-state index in [0.717, 1.165) is 6.07 Å². The van der Waals surface area contributed by atoms with Crippen LogP contribution < -0.4 is 4.72 Å². The summed E-state index contributed by atoms with van der Waals surface area (Å²) in [7, 11) is -1.96. The van der Waals surface area contributed by atoms with Crippen molar-refractivity contribution >= 4 is 17.0 Å². The zero-order valence-electron chi connectivity index (χ0n) is 11.3. The molecule has 0 saturated carbocycles. The number of carboxylic acids is 1. The Bertz CT molecular complexity index is 598. The maximum absolute atomic E-state index is 13.5. The highest BCUT2D eigenvalue weighted by molar-refractivity contribution is 7.83. The van der Waals surface area contributed by atoms with Crippen molar-refractivity contribution in [2.75, 3.05) is 0 Å². The summed E-state index contributed by atoms with van der Waals surface area (Å²) in [5.74, 6) is -1.84. The van der Waals surface area contributed by atoms with Crippen molar-refractivity contribution in [3.63, 3.8) is 0 Å². The monoisotopic (exact) mass is 309 g/mol. The van der Waals surface area contributed by atoms with Gasteiger partial charge >= 0.3 is 5.97 Å². The predicted octanol–water partition coefficient (Wildman–Crippen LogP) is 2.58. The first kappa shape index (κ1) is 17.0. The molecule has 0 fully saturated rings. The van der Waals surface area contributed by atoms with E-state index in [2.05, 4.69) is 17.9 Å². The summed E-state index contributed by atoms with van der Waals surface area (Å²) >= 11 is 0. The number of rotatable bonds is 8. The number of nitrogens with one attached hydrogen (secondary N) is 1. The van der Waals surface area contributed by atoms with E-state index in [1.54, 1.807) is 6.08 Å². The molecule has 0 heterocycles. The number of halogens is 1. The fourth-order valence-corrected chi connectivity index (χ4v) is 2.59. The van der Waals surface area contributed by atoms with Gasteiger partial charge in [-0.15, -0.1) is 0 Å². The molecule has 1 aromatic carbocycles. The smallest absolute Gasteiger partial charge is 0.321 e. The van der Waals surface area contributed by atoms with E-state index >= 15 is 0 Å². The lowest BCUT2D eigenvalue weighted by Gasteiger charge is -2.14. The number of aliphatic carboxylic acids is 1. The molecule has 2 atom stereocenters. The molecule has 2 unspecified atom stereocenters. The highest BCUT2D eigenvalue weighted by Crippen LogP contribution is 2.13. The lowest BCUT2D eigenvalue weighted by atomic mass is 10.1. The molecule has 21 heavy (non-hydrogen) atoms. The molecule has 0 aliphatic heterocycles. The van der Waals surface area contributed by atoms with Crippen molar-refractivity contribution in [1.82, 2.24) is 4.72 Å². The Morgan fingerprint density at radius 3 is 2.62 bits per heavy atom.